The van der Waals surface area contributed by atoms with Gasteiger partial charge in [0.05, 0.1) is 25.5 Å². The second-order valence-corrected chi connectivity index (χ2v) is 8.30. The van der Waals surface area contributed by atoms with Crippen LogP contribution in [0.4, 0.5) is 0 Å². The number of hydrogen-bond acceptors (Lipinski definition) is 4. The van der Waals surface area contributed by atoms with E-state index in [4.69, 9.17) is 14.1 Å². The third kappa shape index (κ3) is 4.32. The molecule has 0 bridgehead atoms. The van der Waals surface area contributed by atoms with Gasteiger partial charge in [0.1, 0.15) is 5.76 Å². The number of likely N-dealkylation sites (tertiary alicyclic amines) is 2. The van der Waals surface area contributed by atoms with Gasteiger partial charge >= 0.3 is 0 Å². The first-order valence-corrected chi connectivity index (χ1v) is 10.7. The molecule has 3 aliphatic heterocycles. The molecule has 3 fully saturated rings. The Morgan fingerprint density at radius 3 is 2.85 bits per heavy atom. The van der Waals surface area contributed by atoms with E-state index in [-0.39, 0.29) is 6.04 Å². The van der Waals surface area contributed by atoms with Crippen LogP contribution in [0.3, 0.4) is 0 Å². The molecular formula is C21H34N4O2. The molecule has 4 rings (SSSR count). The maximum Gasteiger partial charge on any atom is 0.194 e. The molecule has 4 heterocycles. The number of nitrogens with zero attached hydrogens (tertiary/aromatic N) is 3. The summed E-state index contributed by atoms with van der Waals surface area (Å²) in [6, 6.07) is 4.33. The number of aliphatic imine (C=N–C) groups is 1. The molecule has 3 aliphatic rings. The summed E-state index contributed by atoms with van der Waals surface area (Å²) in [7, 11) is 0. The smallest absolute Gasteiger partial charge is 0.194 e. The van der Waals surface area contributed by atoms with Crippen LogP contribution < -0.4 is 5.32 Å². The summed E-state index contributed by atoms with van der Waals surface area (Å²) < 4.78 is 11.5. The van der Waals surface area contributed by atoms with Gasteiger partial charge < -0.3 is 19.4 Å². The van der Waals surface area contributed by atoms with Crippen LogP contribution >= 0.6 is 0 Å². The zero-order valence-corrected chi connectivity index (χ0v) is 16.7. The van der Waals surface area contributed by atoms with E-state index in [9.17, 15) is 0 Å². The van der Waals surface area contributed by atoms with Gasteiger partial charge in [0.2, 0.25) is 0 Å². The summed E-state index contributed by atoms with van der Waals surface area (Å²) in [5.41, 5.74) is 0.351. The maximum absolute atomic E-state index is 5.78. The third-order valence-electron chi connectivity index (χ3n) is 6.37. The van der Waals surface area contributed by atoms with E-state index < -0.39 is 0 Å². The molecule has 1 N–H and O–H groups in total. The lowest BCUT2D eigenvalue weighted by molar-refractivity contribution is 0.149. The molecule has 1 aromatic rings. The number of furan rings is 1. The lowest BCUT2D eigenvalue weighted by Gasteiger charge is -2.33. The molecule has 0 radical (unpaired) electrons. The van der Waals surface area contributed by atoms with Gasteiger partial charge in [-0.3, -0.25) is 9.89 Å². The van der Waals surface area contributed by atoms with Crippen LogP contribution in [-0.2, 0) is 4.74 Å². The Morgan fingerprint density at radius 2 is 2.15 bits per heavy atom. The predicted octanol–water partition coefficient (Wildman–Crippen LogP) is 2.88. The van der Waals surface area contributed by atoms with E-state index in [1.54, 1.807) is 6.26 Å². The first-order chi connectivity index (χ1) is 13.3. The number of guanidine groups is 1. The van der Waals surface area contributed by atoms with Crippen molar-refractivity contribution in [1.29, 1.82) is 0 Å². The zero-order valence-electron chi connectivity index (χ0n) is 16.7. The number of hydrogen-bond donors (Lipinski definition) is 1. The molecule has 6 heteroatoms. The summed E-state index contributed by atoms with van der Waals surface area (Å²) >= 11 is 0. The topological polar surface area (TPSA) is 53.2 Å². The number of nitrogens with one attached hydrogen (secondary N) is 1. The van der Waals surface area contributed by atoms with Gasteiger partial charge in [-0.25, -0.2) is 0 Å². The first kappa shape index (κ1) is 18.8. The van der Waals surface area contributed by atoms with Crippen molar-refractivity contribution in [2.75, 3.05) is 52.5 Å². The van der Waals surface area contributed by atoms with Gasteiger partial charge in [0, 0.05) is 31.7 Å². The third-order valence-corrected chi connectivity index (χ3v) is 6.37. The second kappa shape index (κ2) is 8.65. The van der Waals surface area contributed by atoms with Crippen molar-refractivity contribution in [2.24, 2.45) is 10.4 Å². The van der Waals surface area contributed by atoms with Gasteiger partial charge in [0.15, 0.2) is 5.96 Å². The summed E-state index contributed by atoms with van der Waals surface area (Å²) in [5, 5.41) is 3.52. The van der Waals surface area contributed by atoms with Gasteiger partial charge in [0.25, 0.3) is 0 Å². The summed E-state index contributed by atoms with van der Waals surface area (Å²) in [6.45, 7) is 10.0. The van der Waals surface area contributed by atoms with E-state index in [1.165, 1.54) is 32.1 Å². The minimum Gasteiger partial charge on any atom is -0.468 e. The van der Waals surface area contributed by atoms with Crippen molar-refractivity contribution in [3.8, 4) is 0 Å². The SMILES string of the molecule is CCNC(=NCC(c1ccco1)N1CCCCC1)N1CCC2(CCOC2)C1. The van der Waals surface area contributed by atoms with Gasteiger partial charge in [-0.2, -0.15) is 0 Å². The Hall–Kier alpha value is -1.53. The fourth-order valence-corrected chi connectivity index (χ4v) is 4.78. The Balaban J connectivity index is 1.47. The van der Waals surface area contributed by atoms with E-state index >= 15 is 0 Å². The average molecular weight is 375 g/mol. The van der Waals surface area contributed by atoms with Crippen LogP contribution in [0, 0.1) is 5.41 Å². The van der Waals surface area contributed by atoms with Crippen LogP contribution in [0.1, 0.15) is 50.8 Å². The Kier molecular flexibility index (Phi) is 6.03. The first-order valence-electron chi connectivity index (χ1n) is 10.7. The molecule has 0 aromatic carbocycles. The predicted molar refractivity (Wildman–Crippen MR) is 107 cm³/mol. The molecule has 150 valence electrons. The highest BCUT2D eigenvalue weighted by molar-refractivity contribution is 5.80. The van der Waals surface area contributed by atoms with Crippen molar-refractivity contribution in [2.45, 2.75) is 45.1 Å². The average Bonchev–Trinajstić information content (AvgIpc) is 3.46. The van der Waals surface area contributed by atoms with Crippen molar-refractivity contribution in [1.82, 2.24) is 15.1 Å². The van der Waals surface area contributed by atoms with Crippen LogP contribution in [0.15, 0.2) is 27.8 Å². The molecule has 27 heavy (non-hydrogen) atoms. The second-order valence-electron chi connectivity index (χ2n) is 8.30. The van der Waals surface area contributed by atoms with E-state index in [0.29, 0.717) is 5.41 Å². The highest BCUT2D eigenvalue weighted by Crippen LogP contribution is 2.38. The van der Waals surface area contributed by atoms with E-state index in [0.717, 1.165) is 64.2 Å². The normalized spacial score (nSPS) is 28.2. The van der Waals surface area contributed by atoms with Crippen LogP contribution in [0.25, 0.3) is 0 Å². The van der Waals surface area contributed by atoms with Crippen molar-refractivity contribution >= 4 is 5.96 Å². The van der Waals surface area contributed by atoms with E-state index in [2.05, 4.69) is 28.1 Å². The minimum atomic E-state index is 0.236. The molecule has 2 atom stereocenters. The molecule has 2 unspecified atom stereocenters. The molecule has 0 aliphatic carbocycles. The van der Waals surface area contributed by atoms with Crippen molar-refractivity contribution in [3.05, 3.63) is 24.2 Å². The monoisotopic (exact) mass is 374 g/mol. The van der Waals surface area contributed by atoms with Crippen LogP contribution in [-0.4, -0.2) is 68.2 Å². The summed E-state index contributed by atoms with van der Waals surface area (Å²) in [4.78, 5) is 10.1. The molecule has 3 saturated heterocycles. The highest BCUT2D eigenvalue weighted by atomic mass is 16.5. The molecule has 0 saturated carbocycles. The van der Waals surface area contributed by atoms with E-state index in [1.807, 2.05) is 6.07 Å². The maximum atomic E-state index is 5.78. The number of piperidine rings is 1. The number of rotatable bonds is 5. The molecule has 1 spiro atoms. The van der Waals surface area contributed by atoms with Gasteiger partial charge in [-0.05, 0) is 57.8 Å². The fraction of sp³-hybridized carbons (Fsp3) is 0.762. The molecule has 6 nitrogen and oxygen atoms in total. The van der Waals surface area contributed by atoms with Crippen LogP contribution in [0.2, 0.25) is 0 Å². The van der Waals surface area contributed by atoms with Crippen molar-refractivity contribution in [3.63, 3.8) is 0 Å². The van der Waals surface area contributed by atoms with Gasteiger partial charge in [-0.1, -0.05) is 6.42 Å². The molecule has 0 amide bonds. The Morgan fingerprint density at radius 1 is 1.26 bits per heavy atom. The van der Waals surface area contributed by atoms with Crippen molar-refractivity contribution < 1.29 is 9.15 Å². The summed E-state index contributed by atoms with van der Waals surface area (Å²) in [5.74, 6) is 2.09. The van der Waals surface area contributed by atoms with Gasteiger partial charge in [-0.15, -0.1) is 0 Å². The number of ether oxygens (including phenoxy) is 1. The molecular weight excluding hydrogens is 340 g/mol. The largest absolute Gasteiger partial charge is 0.468 e. The quantitative estimate of drug-likeness (QED) is 0.634. The molecule has 1 aromatic heterocycles. The highest BCUT2D eigenvalue weighted by Gasteiger charge is 2.42. The lowest BCUT2D eigenvalue weighted by Crippen LogP contribution is -2.42. The lowest BCUT2D eigenvalue weighted by atomic mass is 9.87. The fourth-order valence-electron chi connectivity index (χ4n) is 4.78. The van der Waals surface area contributed by atoms with Crippen LogP contribution in [0.5, 0.6) is 0 Å². The summed E-state index contributed by atoms with van der Waals surface area (Å²) in [6.07, 6.45) is 8.07. The zero-order chi connectivity index (χ0) is 18.5. The Bertz CT molecular complexity index is 604. The minimum absolute atomic E-state index is 0.236. The Labute approximate surface area is 162 Å². The standard InChI is InChI=1S/C21H34N4O2/c1-2-22-20(25-12-8-21(16-25)9-14-26-17-21)23-15-18(19-7-6-13-27-19)24-10-4-3-5-11-24/h6-7,13,18H,2-5,8-12,14-17H2,1H3,(H,22,23).